The molecule has 0 saturated carbocycles. The van der Waals surface area contributed by atoms with Crippen LogP contribution in [0.2, 0.25) is 0 Å². The van der Waals surface area contributed by atoms with Crippen molar-refractivity contribution in [2.45, 2.75) is 65.1 Å². The van der Waals surface area contributed by atoms with Crippen molar-refractivity contribution >= 4 is 24.3 Å². The predicted octanol–water partition coefficient (Wildman–Crippen LogP) is 2.85. The van der Waals surface area contributed by atoms with Crippen molar-refractivity contribution in [3.8, 4) is 0 Å². The van der Waals surface area contributed by atoms with Gasteiger partial charge in [0.25, 0.3) is 0 Å². The van der Waals surface area contributed by atoms with Crippen LogP contribution < -0.4 is 11.1 Å². The number of hydrogen-bond donors (Lipinski definition) is 2. The molecule has 0 unspecified atom stereocenters. The average molecular weight is 371 g/mol. The lowest BCUT2D eigenvalue weighted by molar-refractivity contribution is -0.158. The molecule has 0 aliphatic carbocycles. The lowest BCUT2D eigenvalue weighted by Crippen LogP contribution is -2.52. The zero-order valence-electron chi connectivity index (χ0n) is 15.7. The van der Waals surface area contributed by atoms with Crippen molar-refractivity contribution in [1.82, 2.24) is 5.32 Å². The number of amides is 1. The molecule has 3 N–H and O–H groups in total. The first-order valence-electron chi connectivity index (χ1n) is 8.46. The summed E-state index contributed by atoms with van der Waals surface area (Å²) in [5.74, 6) is -0.729. The molecule has 3 atom stereocenters. The molecule has 0 fully saturated rings. The number of esters is 1. The number of rotatable bonds is 7. The summed E-state index contributed by atoms with van der Waals surface area (Å²) < 4.78 is 5.45. The highest BCUT2D eigenvalue weighted by molar-refractivity contribution is 5.87. The second-order valence-electron chi connectivity index (χ2n) is 7.20. The molecule has 0 saturated heterocycles. The van der Waals surface area contributed by atoms with Gasteiger partial charge >= 0.3 is 5.97 Å². The fraction of sp³-hybridized carbons (Fsp3) is 0.579. The number of nitrogens with two attached hydrogens (primary N) is 1. The van der Waals surface area contributed by atoms with Crippen LogP contribution in [-0.4, -0.2) is 29.6 Å². The number of carbonyl (C=O) groups is 2. The second kappa shape index (κ2) is 10.4. The summed E-state index contributed by atoms with van der Waals surface area (Å²) in [7, 11) is 0. The minimum absolute atomic E-state index is 0. The van der Waals surface area contributed by atoms with Crippen LogP contribution >= 0.6 is 12.4 Å². The van der Waals surface area contributed by atoms with Crippen molar-refractivity contribution in [2.75, 3.05) is 0 Å². The van der Waals surface area contributed by atoms with Gasteiger partial charge in [0.05, 0.1) is 6.04 Å². The highest BCUT2D eigenvalue weighted by atomic mass is 35.5. The molecule has 1 aromatic rings. The first-order valence-corrected chi connectivity index (χ1v) is 8.46. The van der Waals surface area contributed by atoms with E-state index in [0.29, 0.717) is 6.42 Å². The van der Waals surface area contributed by atoms with Gasteiger partial charge in [-0.1, -0.05) is 50.6 Å². The molecule has 0 aromatic heterocycles. The number of nitrogens with one attached hydrogen (secondary N) is 1. The van der Waals surface area contributed by atoms with Gasteiger partial charge in [0.1, 0.15) is 11.6 Å². The normalized spacial score (nSPS) is 14.6. The van der Waals surface area contributed by atoms with E-state index in [1.54, 1.807) is 20.8 Å². The fourth-order valence-corrected chi connectivity index (χ4v) is 2.20. The zero-order chi connectivity index (χ0) is 18.3. The highest BCUT2D eigenvalue weighted by Gasteiger charge is 2.29. The Morgan fingerprint density at radius 3 is 2.24 bits per heavy atom. The lowest BCUT2D eigenvalue weighted by Gasteiger charge is -2.26. The van der Waals surface area contributed by atoms with Gasteiger partial charge in [-0.3, -0.25) is 4.79 Å². The number of ether oxygens (including phenoxy) is 1. The van der Waals surface area contributed by atoms with Crippen LogP contribution in [0.3, 0.4) is 0 Å². The monoisotopic (exact) mass is 370 g/mol. The minimum Gasteiger partial charge on any atom is -0.458 e. The third-order valence-corrected chi connectivity index (χ3v) is 3.85. The fourth-order valence-electron chi connectivity index (χ4n) is 2.20. The van der Waals surface area contributed by atoms with E-state index in [2.05, 4.69) is 5.32 Å². The Labute approximate surface area is 157 Å². The summed E-state index contributed by atoms with van der Waals surface area (Å²) in [6.07, 6.45) is 1.17. The molecular weight excluding hydrogens is 340 g/mol. The van der Waals surface area contributed by atoms with Crippen molar-refractivity contribution < 1.29 is 14.3 Å². The minimum atomic E-state index is -0.755. The summed E-state index contributed by atoms with van der Waals surface area (Å²) in [5, 5.41) is 2.76. The van der Waals surface area contributed by atoms with Crippen LogP contribution in [0.1, 0.15) is 46.6 Å². The Kier molecular flexibility index (Phi) is 9.75. The summed E-state index contributed by atoms with van der Waals surface area (Å²) >= 11 is 0. The van der Waals surface area contributed by atoms with E-state index in [1.165, 1.54) is 0 Å². The van der Waals surface area contributed by atoms with Crippen LogP contribution in [0.15, 0.2) is 30.3 Å². The SMILES string of the molecule is CC[C@H](C)[C@H](N)C(=O)N[C@@H](Cc1ccccc1)C(=O)OC(C)(C)C.Cl. The average Bonchev–Trinajstić information content (AvgIpc) is 2.52. The number of halogens is 1. The van der Waals surface area contributed by atoms with E-state index in [9.17, 15) is 9.59 Å². The predicted molar refractivity (Wildman–Crippen MR) is 103 cm³/mol. The van der Waals surface area contributed by atoms with Crippen LogP contribution in [-0.2, 0) is 20.7 Å². The molecule has 1 aromatic carbocycles. The van der Waals surface area contributed by atoms with E-state index < -0.39 is 23.7 Å². The Morgan fingerprint density at radius 1 is 1.20 bits per heavy atom. The molecule has 0 heterocycles. The molecular formula is C19H31ClN2O3. The van der Waals surface area contributed by atoms with E-state index in [4.69, 9.17) is 10.5 Å². The van der Waals surface area contributed by atoms with E-state index in [1.807, 2.05) is 44.2 Å². The van der Waals surface area contributed by atoms with E-state index >= 15 is 0 Å². The third-order valence-electron chi connectivity index (χ3n) is 3.85. The molecule has 0 bridgehead atoms. The first-order chi connectivity index (χ1) is 11.1. The number of benzene rings is 1. The largest absolute Gasteiger partial charge is 0.458 e. The van der Waals surface area contributed by atoms with Crippen LogP contribution in [0.25, 0.3) is 0 Å². The molecule has 6 heteroatoms. The quantitative estimate of drug-likeness (QED) is 0.723. The summed E-state index contributed by atoms with van der Waals surface area (Å²) in [6, 6.07) is 8.13. The summed E-state index contributed by atoms with van der Waals surface area (Å²) in [4.78, 5) is 24.9. The molecule has 1 rings (SSSR count). The maximum absolute atomic E-state index is 12.5. The molecule has 0 aliphatic rings. The molecule has 25 heavy (non-hydrogen) atoms. The Bertz CT molecular complexity index is 543. The molecule has 0 aliphatic heterocycles. The van der Waals surface area contributed by atoms with Gasteiger partial charge in [-0.15, -0.1) is 12.4 Å². The topological polar surface area (TPSA) is 81.4 Å². The van der Waals surface area contributed by atoms with Crippen molar-refractivity contribution in [2.24, 2.45) is 11.7 Å². The molecule has 142 valence electrons. The van der Waals surface area contributed by atoms with Crippen LogP contribution in [0.5, 0.6) is 0 Å². The summed E-state index contributed by atoms with van der Waals surface area (Å²) in [5.41, 5.74) is 6.31. The molecule has 1 amide bonds. The van der Waals surface area contributed by atoms with Gasteiger partial charge in [-0.25, -0.2) is 4.79 Å². The first kappa shape index (κ1) is 23.4. The van der Waals surface area contributed by atoms with E-state index in [0.717, 1.165) is 12.0 Å². The second-order valence-corrected chi connectivity index (χ2v) is 7.20. The van der Waals surface area contributed by atoms with Gasteiger partial charge in [0.15, 0.2) is 0 Å². The highest BCUT2D eigenvalue weighted by Crippen LogP contribution is 2.12. The zero-order valence-corrected chi connectivity index (χ0v) is 16.6. The standard InChI is InChI=1S/C19H30N2O3.ClH/c1-6-13(2)16(20)17(22)21-15(18(23)24-19(3,4)5)12-14-10-8-7-9-11-14;/h7-11,13,15-16H,6,12,20H2,1-5H3,(H,21,22);1H/t13-,15-,16-;/m0./s1. The van der Waals surface area contributed by atoms with E-state index in [-0.39, 0.29) is 24.2 Å². The lowest BCUT2D eigenvalue weighted by atomic mass is 9.98. The van der Waals surface area contributed by atoms with Gasteiger partial charge in [-0.2, -0.15) is 0 Å². The number of carbonyl (C=O) groups excluding carboxylic acids is 2. The molecule has 5 nitrogen and oxygen atoms in total. The number of hydrogen-bond acceptors (Lipinski definition) is 4. The summed E-state index contributed by atoms with van der Waals surface area (Å²) in [6.45, 7) is 9.31. The smallest absolute Gasteiger partial charge is 0.329 e. The Morgan fingerprint density at radius 2 is 1.76 bits per heavy atom. The van der Waals surface area contributed by atoms with Gasteiger partial charge in [-0.05, 0) is 32.3 Å². The third kappa shape index (κ3) is 8.36. The maximum Gasteiger partial charge on any atom is 0.329 e. The Balaban J connectivity index is 0.00000576. The molecule has 0 radical (unpaired) electrons. The van der Waals surface area contributed by atoms with Gasteiger partial charge in [0.2, 0.25) is 5.91 Å². The van der Waals surface area contributed by atoms with Crippen molar-refractivity contribution in [1.29, 1.82) is 0 Å². The van der Waals surface area contributed by atoms with Gasteiger partial charge in [0, 0.05) is 6.42 Å². The van der Waals surface area contributed by atoms with Crippen molar-refractivity contribution in [3.63, 3.8) is 0 Å². The van der Waals surface area contributed by atoms with Crippen molar-refractivity contribution in [3.05, 3.63) is 35.9 Å². The van der Waals surface area contributed by atoms with Gasteiger partial charge < -0.3 is 15.8 Å². The van der Waals surface area contributed by atoms with Crippen LogP contribution in [0, 0.1) is 5.92 Å². The Hall–Kier alpha value is -1.59. The van der Waals surface area contributed by atoms with Crippen LogP contribution in [0.4, 0.5) is 0 Å². The molecule has 0 spiro atoms. The maximum atomic E-state index is 12.5.